The monoisotopic (exact) mass is 533 g/mol. The highest BCUT2D eigenvalue weighted by molar-refractivity contribution is 6.18. The van der Waals surface area contributed by atoms with Gasteiger partial charge in [0.1, 0.15) is 0 Å². The van der Waals surface area contributed by atoms with Crippen LogP contribution in [-0.2, 0) is 0 Å². The van der Waals surface area contributed by atoms with E-state index in [4.69, 9.17) is 9.97 Å². The highest BCUT2D eigenvalue weighted by Crippen LogP contribution is 2.49. The lowest BCUT2D eigenvalue weighted by Gasteiger charge is -2.12. The second kappa shape index (κ2) is 8.92. The van der Waals surface area contributed by atoms with Crippen molar-refractivity contribution in [2.75, 3.05) is 0 Å². The molecule has 0 amide bonds. The zero-order chi connectivity index (χ0) is 27.6. The van der Waals surface area contributed by atoms with Crippen molar-refractivity contribution in [2.45, 2.75) is 0 Å². The van der Waals surface area contributed by atoms with Crippen LogP contribution in [0, 0.1) is 0 Å². The summed E-state index contributed by atoms with van der Waals surface area (Å²) in [5.41, 5.74) is 13.2. The molecule has 9 rings (SSSR count). The molecule has 42 heavy (non-hydrogen) atoms. The van der Waals surface area contributed by atoms with Gasteiger partial charge in [-0.3, -0.25) is 4.98 Å². The Balaban J connectivity index is 1.19. The van der Waals surface area contributed by atoms with Gasteiger partial charge in [-0.05, 0) is 74.5 Å². The minimum atomic E-state index is 0.846. The van der Waals surface area contributed by atoms with Crippen molar-refractivity contribution in [3.8, 4) is 56.0 Å². The largest absolute Gasteiger partial charge is 0.255 e. The first-order chi connectivity index (χ1) is 20.8. The number of fused-ring (bicyclic) bond motifs is 6. The Morgan fingerprint density at radius 2 is 1.00 bits per heavy atom. The van der Waals surface area contributed by atoms with Crippen LogP contribution in [0.1, 0.15) is 0 Å². The van der Waals surface area contributed by atoms with E-state index in [-0.39, 0.29) is 0 Å². The molecule has 1 aliphatic rings. The van der Waals surface area contributed by atoms with Gasteiger partial charge in [0.05, 0.1) is 28.1 Å². The van der Waals surface area contributed by atoms with Gasteiger partial charge < -0.3 is 0 Å². The third-order valence-corrected chi connectivity index (χ3v) is 8.46. The zero-order valence-electron chi connectivity index (χ0n) is 22.6. The van der Waals surface area contributed by atoms with E-state index in [0.29, 0.717) is 0 Å². The summed E-state index contributed by atoms with van der Waals surface area (Å²) in [7, 11) is 0. The van der Waals surface area contributed by atoms with E-state index in [2.05, 4.69) is 114 Å². The molecule has 0 N–H and O–H groups in total. The van der Waals surface area contributed by atoms with Crippen LogP contribution in [0.3, 0.4) is 0 Å². The molecule has 194 valence electrons. The van der Waals surface area contributed by atoms with Crippen LogP contribution in [0.4, 0.5) is 0 Å². The first kappa shape index (κ1) is 23.1. The second-order valence-electron chi connectivity index (χ2n) is 10.8. The molecule has 3 nitrogen and oxygen atoms in total. The van der Waals surface area contributed by atoms with Crippen LogP contribution in [0.15, 0.2) is 140 Å². The van der Waals surface area contributed by atoms with E-state index < -0.39 is 0 Å². The van der Waals surface area contributed by atoms with Crippen molar-refractivity contribution >= 4 is 32.6 Å². The molecule has 3 aromatic heterocycles. The Kier molecular flexibility index (Phi) is 4.90. The molecular weight excluding hydrogens is 510 g/mol. The average molecular weight is 534 g/mol. The maximum Gasteiger partial charge on any atom is 0.0973 e. The van der Waals surface area contributed by atoms with Gasteiger partial charge in [0.2, 0.25) is 0 Å². The summed E-state index contributed by atoms with van der Waals surface area (Å²) >= 11 is 0. The fourth-order valence-corrected chi connectivity index (χ4v) is 6.49. The number of rotatable bonds is 3. The van der Waals surface area contributed by atoms with Gasteiger partial charge in [-0.2, -0.15) is 0 Å². The lowest BCUT2D eigenvalue weighted by molar-refractivity contribution is 1.27. The Morgan fingerprint density at radius 3 is 1.79 bits per heavy atom. The number of hydrogen-bond donors (Lipinski definition) is 0. The third kappa shape index (κ3) is 3.44. The van der Waals surface area contributed by atoms with Gasteiger partial charge >= 0.3 is 0 Å². The first-order valence-electron chi connectivity index (χ1n) is 14.2. The fourth-order valence-electron chi connectivity index (χ4n) is 6.49. The number of hydrogen-bond acceptors (Lipinski definition) is 3. The fraction of sp³-hybridized carbons (Fsp3) is 0. The lowest BCUT2D eigenvalue weighted by Crippen LogP contribution is -1.92. The number of aromatic nitrogens is 3. The van der Waals surface area contributed by atoms with Gasteiger partial charge in [0.15, 0.2) is 0 Å². The molecule has 3 heteroatoms. The number of benzene rings is 5. The summed E-state index contributed by atoms with van der Waals surface area (Å²) in [4.78, 5) is 14.7. The maximum absolute atomic E-state index is 5.19. The van der Waals surface area contributed by atoms with E-state index in [1.165, 1.54) is 44.2 Å². The molecule has 0 saturated heterocycles. The second-order valence-corrected chi connectivity index (χ2v) is 10.8. The van der Waals surface area contributed by atoms with Crippen molar-refractivity contribution in [2.24, 2.45) is 0 Å². The van der Waals surface area contributed by atoms with Gasteiger partial charge in [-0.15, -0.1) is 0 Å². The maximum atomic E-state index is 5.19. The summed E-state index contributed by atoms with van der Waals surface area (Å²) in [6.45, 7) is 0. The molecule has 0 spiro atoms. The topological polar surface area (TPSA) is 38.7 Å². The van der Waals surface area contributed by atoms with Crippen molar-refractivity contribution in [3.63, 3.8) is 0 Å². The Hall–Kier alpha value is -5.67. The molecule has 3 heterocycles. The molecule has 0 unspecified atom stereocenters. The minimum absolute atomic E-state index is 0.846. The molecule has 0 atom stereocenters. The summed E-state index contributed by atoms with van der Waals surface area (Å²) in [6, 6.07) is 47.2. The summed E-state index contributed by atoms with van der Waals surface area (Å²) in [6.07, 6.45) is 1.80. The molecule has 0 radical (unpaired) electrons. The smallest absolute Gasteiger partial charge is 0.0973 e. The Morgan fingerprint density at radius 1 is 0.381 bits per heavy atom. The predicted octanol–water partition coefficient (Wildman–Crippen LogP) is 9.98. The van der Waals surface area contributed by atoms with E-state index in [9.17, 15) is 0 Å². The van der Waals surface area contributed by atoms with E-state index >= 15 is 0 Å². The van der Waals surface area contributed by atoms with E-state index in [1.54, 1.807) is 6.20 Å². The Labute approximate surface area is 242 Å². The molecule has 0 bridgehead atoms. The highest BCUT2D eigenvalue weighted by atomic mass is 14.8. The summed E-state index contributed by atoms with van der Waals surface area (Å²) in [5, 5.41) is 4.75. The molecule has 8 aromatic rings. The molecule has 0 saturated carbocycles. The average Bonchev–Trinajstić information content (AvgIpc) is 3.40. The van der Waals surface area contributed by atoms with Crippen LogP contribution >= 0.6 is 0 Å². The molecular formula is C39H23N3. The van der Waals surface area contributed by atoms with Crippen LogP contribution in [0.2, 0.25) is 0 Å². The predicted molar refractivity (Wildman–Crippen MR) is 173 cm³/mol. The zero-order valence-corrected chi connectivity index (χ0v) is 22.6. The third-order valence-electron chi connectivity index (χ3n) is 8.46. The summed E-state index contributed by atoms with van der Waals surface area (Å²) < 4.78 is 0. The first-order valence-corrected chi connectivity index (χ1v) is 14.2. The quantitative estimate of drug-likeness (QED) is 0.212. The molecule has 5 aromatic carbocycles. The molecule has 0 fully saturated rings. The van der Waals surface area contributed by atoms with Gasteiger partial charge in [-0.1, -0.05) is 103 Å². The SMILES string of the molecule is c1ccc(-c2ccc3ccc4ccc(-c5cccc(-c6ccc7c8c(cccc68)-c6ccccc6-7)c5)nc4c3n2)nc1. The lowest BCUT2D eigenvalue weighted by atomic mass is 9.93. The number of nitrogens with zero attached hydrogens (tertiary/aromatic N) is 3. The van der Waals surface area contributed by atoms with E-state index in [0.717, 1.165) is 44.5 Å². The normalized spacial score (nSPS) is 11.8. The highest BCUT2D eigenvalue weighted by Gasteiger charge is 2.22. The van der Waals surface area contributed by atoms with Crippen molar-refractivity contribution < 1.29 is 0 Å². The van der Waals surface area contributed by atoms with Crippen molar-refractivity contribution in [1.29, 1.82) is 0 Å². The molecule has 0 aliphatic heterocycles. The summed E-state index contributed by atoms with van der Waals surface area (Å²) in [5.74, 6) is 0. The van der Waals surface area contributed by atoms with Crippen LogP contribution in [0.5, 0.6) is 0 Å². The van der Waals surface area contributed by atoms with E-state index in [1.807, 2.05) is 24.3 Å². The van der Waals surface area contributed by atoms with Crippen molar-refractivity contribution in [1.82, 2.24) is 15.0 Å². The van der Waals surface area contributed by atoms with Crippen LogP contribution in [-0.4, -0.2) is 15.0 Å². The van der Waals surface area contributed by atoms with Gasteiger partial charge in [-0.25, -0.2) is 9.97 Å². The van der Waals surface area contributed by atoms with Crippen LogP contribution in [0.25, 0.3) is 88.6 Å². The Bertz CT molecular complexity index is 2330. The van der Waals surface area contributed by atoms with Crippen molar-refractivity contribution in [3.05, 3.63) is 140 Å². The minimum Gasteiger partial charge on any atom is -0.255 e. The van der Waals surface area contributed by atoms with Crippen LogP contribution < -0.4 is 0 Å². The van der Waals surface area contributed by atoms with Gasteiger partial charge in [0.25, 0.3) is 0 Å². The molecule has 1 aliphatic carbocycles. The number of pyridine rings is 3. The standard InChI is InChI=1S/C39H23N3/c1-2-10-30-29(9-1)32-12-6-11-31-28(18-19-33(30)37(31)32)26-7-5-8-27(23-26)34-20-16-24-14-15-25-17-21-36(35-13-3-4-22-40-35)42-39(25)38(24)41-34/h1-23H. The van der Waals surface area contributed by atoms with Gasteiger partial charge in [0, 0.05) is 22.5 Å².